The van der Waals surface area contributed by atoms with Gasteiger partial charge in [-0.1, -0.05) is 12.1 Å². The van der Waals surface area contributed by atoms with Gasteiger partial charge in [-0.3, -0.25) is 9.69 Å². The van der Waals surface area contributed by atoms with Crippen LogP contribution in [0.3, 0.4) is 0 Å². The van der Waals surface area contributed by atoms with Crippen LogP contribution in [-0.2, 0) is 11.2 Å². The number of carbonyl (C=O) groups excluding carboxylic acids is 1. The van der Waals surface area contributed by atoms with Crippen LogP contribution in [0, 0.1) is 6.92 Å². The molecule has 2 heterocycles. The molecule has 3 heteroatoms. The molecule has 0 atom stereocenters. The summed E-state index contributed by atoms with van der Waals surface area (Å²) in [5.74, 6) is 0.916. The van der Waals surface area contributed by atoms with Crippen molar-refractivity contribution in [2.75, 3.05) is 11.4 Å². The van der Waals surface area contributed by atoms with E-state index >= 15 is 0 Å². The molecule has 0 radical (unpaired) electrons. The zero-order valence-corrected chi connectivity index (χ0v) is 10.0. The highest BCUT2D eigenvalue weighted by Crippen LogP contribution is 2.29. The molecule has 3 rings (SSSR count). The molecule has 0 saturated heterocycles. The molecule has 1 aromatic heterocycles. The lowest BCUT2D eigenvalue weighted by Gasteiger charge is -2.13. The molecule has 0 N–H and O–H groups in total. The van der Waals surface area contributed by atoms with E-state index in [0.29, 0.717) is 0 Å². The molecule has 3 nitrogen and oxygen atoms in total. The van der Waals surface area contributed by atoms with Crippen LogP contribution in [0.4, 0.5) is 5.82 Å². The normalized spacial score (nSPS) is 14.1. The van der Waals surface area contributed by atoms with Crippen molar-refractivity contribution in [3.05, 3.63) is 35.4 Å². The van der Waals surface area contributed by atoms with Crippen molar-refractivity contribution in [3.8, 4) is 0 Å². The fraction of sp³-hybridized carbons (Fsp3) is 0.286. The Hall–Kier alpha value is -1.90. The highest BCUT2D eigenvalue weighted by atomic mass is 16.2. The minimum atomic E-state index is 0.0725. The van der Waals surface area contributed by atoms with Gasteiger partial charge in [0.2, 0.25) is 5.91 Å². The summed E-state index contributed by atoms with van der Waals surface area (Å²) in [7, 11) is 0. The molecule has 2 aromatic rings. The number of aromatic nitrogens is 1. The summed E-state index contributed by atoms with van der Waals surface area (Å²) >= 11 is 0. The van der Waals surface area contributed by atoms with Gasteiger partial charge in [-0.25, -0.2) is 4.98 Å². The summed E-state index contributed by atoms with van der Waals surface area (Å²) in [6.07, 6.45) is 0.908. The first-order chi connectivity index (χ1) is 8.15. The Kier molecular flexibility index (Phi) is 2.15. The van der Waals surface area contributed by atoms with E-state index < -0.39 is 0 Å². The van der Waals surface area contributed by atoms with Gasteiger partial charge in [-0.05, 0) is 36.6 Å². The third-order valence-corrected chi connectivity index (χ3v) is 3.27. The standard InChI is InChI=1S/C14H14N2O/c1-9-3-4-11-8-12-5-6-16(10(2)17)14(12)15-13(11)7-9/h3-4,7-8H,5-6H2,1-2H3. The van der Waals surface area contributed by atoms with Crippen LogP contribution in [0.1, 0.15) is 18.1 Å². The van der Waals surface area contributed by atoms with Crippen molar-refractivity contribution in [3.63, 3.8) is 0 Å². The van der Waals surface area contributed by atoms with Gasteiger partial charge < -0.3 is 0 Å². The minimum Gasteiger partial charge on any atom is -0.296 e. The monoisotopic (exact) mass is 226 g/mol. The number of amides is 1. The molecule has 1 aliphatic rings. The second-order valence-electron chi connectivity index (χ2n) is 4.59. The van der Waals surface area contributed by atoms with Gasteiger partial charge in [0.1, 0.15) is 5.82 Å². The number of nitrogens with zero attached hydrogens (tertiary/aromatic N) is 2. The lowest BCUT2D eigenvalue weighted by Crippen LogP contribution is -2.26. The quantitative estimate of drug-likeness (QED) is 0.691. The maximum Gasteiger partial charge on any atom is 0.225 e. The maximum atomic E-state index is 11.5. The van der Waals surface area contributed by atoms with Gasteiger partial charge in [0, 0.05) is 18.9 Å². The highest BCUT2D eigenvalue weighted by molar-refractivity contribution is 5.94. The number of hydrogen-bond donors (Lipinski definition) is 0. The SMILES string of the molecule is CC(=O)N1CCc2cc3ccc(C)cc3nc21. The molecule has 1 aromatic carbocycles. The number of aryl methyl sites for hydroxylation is 1. The number of hydrogen-bond acceptors (Lipinski definition) is 2. The van der Waals surface area contributed by atoms with E-state index in [1.54, 1.807) is 11.8 Å². The molecule has 0 fully saturated rings. The van der Waals surface area contributed by atoms with Crippen LogP contribution in [0.25, 0.3) is 10.9 Å². The van der Waals surface area contributed by atoms with E-state index in [1.807, 2.05) is 0 Å². The molecule has 0 spiro atoms. The van der Waals surface area contributed by atoms with Crippen LogP contribution in [0.2, 0.25) is 0 Å². The third kappa shape index (κ3) is 1.58. The largest absolute Gasteiger partial charge is 0.296 e. The summed E-state index contributed by atoms with van der Waals surface area (Å²) in [6.45, 7) is 4.40. The van der Waals surface area contributed by atoms with E-state index in [1.165, 1.54) is 11.1 Å². The van der Waals surface area contributed by atoms with Gasteiger partial charge in [-0.2, -0.15) is 0 Å². The number of carbonyl (C=O) groups is 1. The molecule has 1 aliphatic heterocycles. The Labute approximate surface area is 100 Å². The first kappa shape index (κ1) is 10.3. The Morgan fingerprint density at radius 2 is 2.18 bits per heavy atom. The molecule has 0 saturated carbocycles. The lowest BCUT2D eigenvalue weighted by atomic mass is 10.1. The molecule has 86 valence electrons. The van der Waals surface area contributed by atoms with Crippen molar-refractivity contribution < 1.29 is 4.79 Å². The molecular weight excluding hydrogens is 212 g/mol. The highest BCUT2D eigenvalue weighted by Gasteiger charge is 2.23. The second-order valence-corrected chi connectivity index (χ2v) is 4.59. The number of fused-ring (bicyclic) bond motifs is 2. The fourth-order valence-corrected chi connectivity index (χ4v) is 2.37. The molecule has 1 amide bonds. The first-order valence-corrected chi connectivity index (χ1v) is 5.83. The topological polar surface area (TPSA) is 33.2 Å². The summed E-state index contributed by atoms with van der Waals surface area (Å²) in [5, 5.41) is 1.15. The first-order valence-electron chi connectivity index (χ1n) is 5.83. The minimum absolute atomic E-state index is 0.0725. The van der Waals surface area contributed by atoms with E-state index in [-0.39, 0.29) is 5.91 Å². The van der Waals surface area contributed by atoms with Crippen LogP contribution in [-0.4, -0.2) is 17.4 Å². The van der Waals surface area contributed by atoms with Crippen LogP contribution >= 0.6 is 0 Å². The van der Waals surface area contributed by atoms with Crippen molar-refractivity contribution in [1.82, 2.24) is 4.98 Å². The Morgan fingerprint density at radius 3 is 2.94 bits per heavy atom. The Balaban J connectivity index is 2.23. The summed E-state index contributed by atoms with van der Waals surface area (Å²) in [6, 6.07) is 8.40. The van der Waals surface area contributed by atoms with Gasteiger partial charge >= 0.3 is 0 Å². The summed E-state index contributed by atoms with van der Waals surface area (Å²) in [4.78, 5) is 17.9. The van der Waals surface area contributed by atoms with Gasteiger partial charge in [0.25, 0.3) is 0 Å². The van der Waals surface area contributed by atoms with E-state index in [9.17, 15) is 4.79 Å². The number of pyridine rings is 1. The van der Waals surface area contributed by atoms with Crippen molar-refractivity contribution in [2.45, 2.75) is 20.3 Å². The van der Waals surface area contributed by atoms with Crippen molar-refractivity contribution in [1.29, 1.82) is 0 Å². The smallest absolute Gasteiger partial charge is 0.225 e. The number of rotatable bonds is 0. The lowest BCUT2D eigenvalue weighted by molar-refractivity contribution is -0.116. The number of anilines is 1. The Bertz CT molecular complexity index is 619. The van der Waals surface area contributed by atoms with Crippen molar-refractivity contribution >= 4 is 22.6 Å². The van der Waals surface area contributed by atoms with E-state index in [2.05, 4.69) is 36.2 Å². The number of benzene rings is 1. The predicted octanol–water partition coefficient (Wildman–Crippen LogP) is 2.45. The molecule has 0 aliphatic carbocycles. The van der Waals surface area contributed by atoms with Crippen LogP contribution in [0.15, 0.2) is 24.3 Å². The maximum absolute atomic E-state index is 11.5. The zero-order chi connectivity index (χ0) is 12.0. The molecule has 17 heavy (non-hydrogen) atoms. The fourth-order valence-electron chi connectivity index (χ4n) is 2.37. The summed E-state index contributed by atoms with van der Waals surface area (Å²) in [5.41, 5.74) is 3.34. The molecular formula is C14H14N2O. The average molecular weight is 226 g/mol. The van der Waals surface area contributed by atoms with Crippen LogP contribution in [0.5, 0.6) is 0 Å². The van der Waals surface area contributed by atoms with E-state index in [0.717, 1.165) is 29.7 Å². The average Bonchev–Trinajstić information content (AvgIpc) is 2.68. The molecule has 0 unspecified atom stereocenters. The Morgan fingerprint density at radius 1 is 1.35 bits per heavy atom. The van der Waals surface area contributed by atoms with Gasteiger partial charge in [0.15, 0.2) is 0 Å². The van der Waals surface area contributed by atoms with Crippen molar-refractivity contribution in [2.24, 2.45) is 0 Å². The predicted molar refractivity (Wildman–Crippen MR) is 68.2 cm³/mol. The molecule has 0 bridgehead atoms. The third-order valence-electron chi connectivity index (χ3n) is 3.27. The summed E-state index contributed by atoms with van der Waals surface area (Å²) < 4.78 is 0. The van der Waals surface area contributed by atoms with E-state index in [4.69, 9.17) is 0 Å². The zero-order valence-electron chi connectivity index (χ0n) is 10.0. The van der Waals surface area contributed by atoms with Crippen LogP contribution < -0.4 is 4.90 Å². The van der Waals surface area contributed by atoms with Gasteiger partial charge in [-0.15, -0.1) is 0 Å². The van der Waals surface area contributed by atoms with Gasteiger partial charge in [0.05, 0.1) is 5.52 Å². The second kappa shape index (κ2) is 3.55.